The number of para-hydroxylation sites is 1. The van der Waals surface area contributed by atoms with E-state index >= 15 is 0 Å². The number of benzene rings is 3. The van der Waals surface area contributed by atoms with Gasteiger partial charge in [0.15, 0.2) is 0 Å². The van der Waals surface area contributed by atoms with Gasteiger partial charge in [0.05, 0.1) is 16.9 Å². The minimum Gasteiger partial charge on any atom is -0.385 e. The van der Waals surface area contributed by atoms with Gasteiger partial charge in [-0.25, -0.2) is 9.07 Å². The molecule has 4 aromatic rings. The average Bonchev–Trinajstić information content (AvgIpc) is 3.38. The van der Waals surface area contributed by atoms with Crippen LogP contribution in [0.15, 0.2) is 78.9 Å². The zero-order valence-electron chi connectivity index (χ0n) is 22.3. The van der Waals surface area contributed by atoms with Gasteiger partial charge < -0.3 is 16.2 Å². The first-order valence-corrected chi connectivity index (χ1v) is 13.2. The molecule has 0 unspecified atom stereocenters. The number of halogens is 4. The van der Waals surface area contributed by atoms with E-state index in [1.807, 2.05) is 0 Å². The third-order valence-electron chi connectivity index (χ3n) is 7.18. The van der Waals surface area contributed by atoms with E-state index in [4.69, 9.17) is 5.73 Å². The third-order valence-corrected chi connectivity index (χ3v) is 7.18. The molecule has 1 aliphatic rings. The Morgan fingerprint density at radius 2 is 1.76 bits per heavy atom. The summed E-state index contributed by atoms with van der Waals surface area (Å²) in [5, 5.41) is 18.2. The van der Waals surface area contributed by atoms with Crippen LogP contribution in [-0.4, -0.2) is 45.8 Å². The number of hydrogen-bond acceptors (Lipinski definition) is 5. The summed E-state index contributed by atoms with van der Waals surface area (Å²) < 4.78 is 55.6. The quantitative estimate of drug-likeness (QED) is 0.282. The van der Waals surface area contributed by atoms with Gasteiger partial charge in [0.2, 0.25) is 0 Å². The summed E-state index contributed by atoms with van der Waals surface area (Å²) in [4.78, 5) is 28.9. The van der Waals surface area contributed by atoms with Crippen LogP contribution in [0.5, 0.6) is 0 Å². The van der Waals surface area contributed by atoms with Crippen molar-refractivity contribution in [2.45, 2.75) is 31.2 Å². The van der Waals surface area contributed by atoms with E-state index in [2.05, 4.69) is 10.4 Å². The highest BCUT2D eigenvalue weighted by molar-refractivity contribution is 6.05. The SMILES string of the molecule is CCN1C(=O)[C@H](NC(=O)c2cccc(C(F)(F)F)c2)[C@H](c2ccc(F)cc2)c2c([C@H](O)CN)nn(-c3ccccc3)c21. The first kappa shape index (κ1) is 29.0. The number of fused-ring (bicyclic) bond motifs is 1. The lowest BCUT2D eigenvalue weighted by Gasteiger charge is -2.38. The van der Waals surface area contributed by atoms with Crippen molar-refractivity contribution in [3.63, 3.8) is 0 Å². The van der Waals surface area contributed by atoms with Crippen LogP contribution in [0.25, 0.3) is 5.69 Å². The fraction of sp³-hybridized carbons (Fsp3) is 0.233. The van der Waals surface area contributed by atoms with Crippen LogP contribution in [0, 0.1) is 5.82 Å². The fourth-order valence-electron chi connectivity index (χ4n) is 5.23. The molecule has 42 heavy (non-hydrogen) atoms. The number of rotatable bonds is 7. The Kier molecular flexibility index (Phi) is 7.85. The van der Waals surface area contributed by atoms with Gasteiger partial charge in [0, 0.05) is 30.1 Å². The van der Waals surface area contributed by atoms with Crippen LogP contribution in [0.2, 0.25) is 0 Å². The highest BCUT2D eigenvalue weighted by Gasteiger charge is 2.47. The van der Waals surface area contributed by atoms with E-state index in [0.29, 0.717) is 28.7 Å². The summed E-state index contributed by atoms with van der Waals surface area (Å²) >= 11 is 0. The lowest BCUT2D eigenvalue weighted by atomic mass is 9.80. The second-order valence-electron chi connectivity index (χ2n) is 9.76. The third kappa shape index (κ3) is 5.26. The molecule has 2 amide bonds. The molecule has 0 fully saturated rings. The minimum atomic E-state index is -4.68. The second kappa shape index (κ2) is 11.4. The van der Waals surface area contributed by atoms with Crippen molar-refractivity contribution in [3.8, 4) is 5.69 Å². The van der Waals surface area contributed by atoms with Crippen LogP contribution in [0.1, 0.15) is 51.7 Å². The van der Waals surface area contributed by atoms with E-state index in [1.54, 1.807) is 37.3 Å². The number of aliphatic hydroxyl groups excluding tert-OH is 1. The van der Waals surface area contributed by atoms with Crippen molar-refractivity contribution in [2.75, 3.05) is 18.0 Å². The fourth-order valence-corrected chi connectivity index (χ4v) is 5.23. The molecule has 0 spiro atoms. The van der Waals surface area contributed by atoms with Gasteiger partial charge in [-0.3, -0.25) is 14.5 Å². The van der Waals surface area contributed by atoms with Crippen molar-refractivity contribution in [1.29, 1.82) is 0 Å². The van der Waals surface area contributed by atoms with E-state index < -0.39 is 47.4 Å². The Labute approximate surface area is 238 Å². The number of nitrogens with one attached hydrogen (secondary N) is 1. The molecule has 0 radical (unpaired) electrons. The maximum atomic E-state index is 14.1. The van der Waals surface area contributed by atoms with Crippen LogP contribution < -0.4 is 16.0 Å². The number of aliphatic hydroxyl groups is 1. The van der Waals surface area contributed by atoms with Gasteiger partial charge in [0.1, 0.15) is 23.8 Å². The number of carbonyl (C=O) groups excluding carboxylic acids is 2. The highest BCUT2D eigenvalue weighted by Crippen LogP contribution is 2.45. The monoisotopic (exact) mass is 581 g/mol. The van der Waals surface area contributed by atoms with Crippen molar-refractivity contribution < 1.29 is 32.3 Å². The molecule has 2 heterocycles. The molecule has 1 aliphatic heterocycles. The molecule has 8 nitrogen and oxygen atoms in total. The van der Waals surface area contributed by atoms with Crippen LogP contribution in [0.4, 0.5) is 23.4 Å². The Bertz CT molecular complexity index is 1610. The van der Waals surface area contributed by atoms with Gasteiger partial charge in [-0.15, -0.1) is 0 Å². The molecule has 0 saturated carbocycles. The Balaban J connectivity index is 1.71. The molecule has 12 heteroatoms. The number of aromatic nitrogens is 2. The van der Waals surface area contributed by atoms with E-state index in [-0.39, 0.29) is 24.3 Å². The normalized spacial score (nSPS) is 17.6. The molecular formula is C30H27F4N5O3. The maximum Gasteiger partial charge on any atom is 0.416 e. The summed E-state index contributed by atoms with van der Waals surface area (Å²) in [6.07, 6.45) is -5.95. The average molecular weight is 582 g/mol. The first-order valence-electron chi connectivity index (χ1n) is 13.2. The molecular weight excluding hydrogens is 554 g/mol. The smallest absolute Gasteiger partial charge is 0.385 e. The molecule has 5 rings (SSSR count). The van der Waals surface area contributed by atoms with Gasteiger partial charge in [0.25, 0.3) is 11.8 Å². The molecule has 3 atom stereocenters. The Morgan fingerprint density at radius 1 is 1.07 bits per heavy atom. The lowest BCUT2D eigenvalue weighted by Crippen LogP contribution is -2.55. The number of nitrogens with zero attached hydrogens (tertiary/aromatic N) is 3. The van der Waals surface area contributed by atoms with Crippen LogP contribution in [-0.2, 0) is 11.0 Å². The zero-order chi connectivity index (χ0) is 30.2. The van der Waals surface area contributed by atoms with Crippen molar-refractivity contribution in [1.82, 2.24) is 15.1 Å². The molecule has 0 aliphatic carbocycles. The number of amides is 2. The van der Waals surface area contributed by atoms with Gasteiger partial charge in [-0.1, -0.05) is 36.4 Å². The first-order chi connectivity index (χ1) is 20.0. The Morgan fingerprint density at radius 3 is 2.38 bits per heavy atom. The summed E-state index contributed by atoms with van der Waals surface area (Å²) in [6, 6.07) is 16.7. The number of likely N-dealkylation sites (N-methyl/N-ethyl adjacent to an activating group) is 1. The van der Waals surface area contributed by atoms with Gasteiger partial charge in [-0.2, -0.15) is 18.3 Å². The van der Waals surface area contributed by atoms with Gasteiger partial charge >= 0.3 is 6.18 Å². The zero-order valence-corrected chi connectivity index (χ0v) is 22.3. The number of alkyl halides is 3. The van der Waals surface area contributed by atoms with E-state index in [1.165, 1.54) is 39.9 Å². The predicted octanol–water partition coefficient (Wildman–Crippen LogP) is 4.32. The van der Waals surface area contributed by atoms with E-state index in [0.717, 1.165) is 12.1 Å². The molecule has 4 N–H and O–H groups in total. The predicted molar refractivity (Wildman–Crippen MR) is 147 cm³/mol. The summed E-state index contributed by atoms with van der Waals surface area (Å²) in [5.41, 5.74) is 6.03. The molecule has 1 aromatic heterocycles. The van der Waals surface area contributed by atoms with E-state index in [9.17, 15) is 32.3 Å². The molecule has 3 aromatic carbocycles. The Hall–Kier alpha value is -4.55. The van der Waals surface area contributed by atoms with Crippen LogP contribution in [0.3, 0.4) is 0 Å². The number of anilines is 1. The molecule has 0 saturated heterocycles. The van der Waals surface area contributed by atoms with Crippen LogP contribution >= 0.6 is 0 Å². The van der Waals surface area contributed by atoms with Gasteiger partial charge in [-0.05, 0) is 55.0 Å². The second-order valence-corrected chi connectivity index (χ2v) is 9.76. The van der Waals surface area contributed by atoms with Crippen molar-refractivity contribution in [2.24, 2.45) is 5.73 Å². The number of nitrogens with two attached hydrogens (primary N) is 1. The summed E-state index contributed by atoms with van der Waals surface area (Å²) in [6.45, 7) is 1.64. The molecule has 218 valence electrons. The maximum absolute atomic E-state index is 14.1. The summed E-state index contributed by atoms with van der Waals surface area (Å²) in [7, 11) is 0. The minimum absolute atomic E-state index is 0.134. The topological polar surface area (TPSA) is 113 Å². The lowest BCUT2D eigenvalue weighted by molar-refractivity contribution is -0.137. The number of hydrogen-bond donors (Lipinski definition) is 3. The van der Waals surface area contributed by atoms with Crippen molar-refractivity contribution in [3.05, 3.63) is 113 Å². The van der Waals surface area contributed by atoms with Crippen molar-refractivity contribution >= 4 is 17.6 Å². The largest absolute Gasteiger partial charge is 0.416 e. The highest BCUT2D eigenvalue weighted by atomic mass is 19.4. The standard InChI is InChI=1S/C30H27F4N5O3/c1-2-38-28-24(25(22(40)16-35)37-39(28)21-9-4-3-5-10-21)23(17-11-13-20(31)14-12-17)26(29(38)42)36-27(41)18-7-6-8-19(15-18)30(32,33)34/h3-15,22-23,26,40H,2,16,35H2,1H3,(H,36,41)/t22-,23-,26-/m1/s1. The summed E-state index contributed by atoms with van der Waals surface area (Å²) in [5.74, 6) is -2.69. The molecule has 0 bridgehead atoms. The number of carbonyl (C=O) groups is 2.